The molecule has 1 saturated carbocycles. The molecule has 1 aliphatic carbocycles. The molecular formula is C18H28N2O3S2. The van der Waals surface area contributed by atoms with Gasteiger partial charge in [-0.1, -0.05) is 19.3 Å². The Hall–Kier alpha value is -1.21. The second-order valence-electron chi connectivity index (χ2n) is 6.30. The summed E-state index contributed by atoms with van der Waals surface area (Å²) in [4.78, 5) is 12.2. The third kappa shape index (κ3) is 5.92. The van der Waals surface area contributed by atoms with E-state index >= 15 is 0 Å². The van der Waals surface area contributed by atoms with Gasteiger partial charge in [0.2, 0.25) is 10.0 Å². The molecule has 1 aliphatic rings. The number of nitrogens with zero attached hydrogens (tertiary/aromatic N) is 1. The van der Waals surface area contributed by atoms with Gasteiger partial charge in [0.25, 0.3) is 5.91 Å². The fourth-order valence-electron chi connectivity index (χ4n) is 2.90. The van der Waals surface area contributed by atoms with Gasteiger partial charge in [-0.3, -0.25) is 9.10 Å². The molecule has 0 saturated heterocycles. The van der Waals surface area contributed by atoms with Gasteiger partial charge >= 0.3 is 0 Å². The van der Waals surface area contributed by atoms with Gasteiger partial charge in [-0.2, -0.15) is 11.8 Å². The summed E-state index contributed by atoms with van der Waals surface area (Å²) in [6.07, 6.45) is 6.62. The predicted octanol–water partition coefficient (Wildman–Crippen LogP) is 3.27. The van der Waals surface area contributed by atoms with E-state index in [0.29, 0.717) is 17.8 Å². The van der Waals surface area contributed by atoms with Crippen molar-refractivity contribution in [3.05, 3.63) is 29.8 Å². The van der Waals surface area contributed by atoms with Crippen molar-refractivity contribution in [3.8, 4) is 0 Å². The highest BCUT2D eigenvalue weighted by Crippen LogP contribution is 2.27. The molecule has 2 rings (SSSR count). The molecule has 0 atom stereocenters. The number of rotatable bonds is 8. The number of thioether (sulfide) groups is 1. The van der Waals surface area contributed by atoms with E-state index < -0.39 is 10.0 Å². The van der Waals surface area contributed by atoms with E-state index in [1.807, 2.05) is 11.8 Å². The highest BCUT2D eigenvalue weighted by molar-refractivity contribution is 7.99. The average molecular weight is 385 g/mol. The number of nitrogens with one attached hydrogen (secondary N) is 1. The van der Waals surface area contributed by atoms with E-state index in [4.69, 9.17) is 0 Å². The van der Waals surface area contributed by atoms with Crippen LogP contribution in [-0.2, 0) is 10.0 Å². The summed E-state index contributed by atoms with van der Waals surface area (Å²) in [5.74, 6) is 0.868. The highest BCUT2D eigenvalue weighted by Gasteiger charge is 2.16. The molecule has 1 aromatic carbocycles. The minimum Gasteiger partial charge on any atom is -0.351 e. The Bertz CT molecular complexity index is 653. The molecule has 7 heteroatoms. The molecule has 0 unspecified atom stereocenters. The van der Waals surface area contributed by atoms with Gasteiger partial charge in [0, 0.05) is 30.2 Å². The summed E-state index contributed by atoms with van der Waals surface area (Å²) >= 11 is 1.96. The first-order valence-corrected chi connectivity index (χ1v) is 11.6. The molecule has 0 radical (unpaired) electrons. The van der Waals surface area contributed by atoms with E-state index in [0.717, 1.165) is 11.0 Å². The number of anilines is 1. The Morgan fingerprint density at radius 1 is 1.20 bits per heavy atom. The Kier molecular flexibility index (Phi) is 7.62. The van der Waals surface area contributed by atoms with Gasteiger partial charge in [-0.15, -0.1) is 0 Å². The molecule has 5 nitrogen and oxygen atoms in total. The molecule has 1 fully saturated rings. The minimum absolute atomic E-state index is 0.0460. The SMILES string of the molecule is CCS(=O)(=O)N(C)c1ccc(C(=O)NCCSC2CCCCC2)cc1. The van der Waals surface area contributed by atoms with Crippen molar-refractivity contribution < 1.29 is 13.2 Å². The van der Waals surface area contributed by atoms with Gasteiger partial charge < -0.3 is 5.32 Å². The second-order valence-corrected chi connectivity index (χ2v) is 10.00. The minimum atomic E-state index is -3.28. The third-order valence-electron chi connectivity index (χ3n) is 4.57. The topological polar surface area (TPSA) is 66.5 Å². The Labute approximate surface area is 155 Å². The van der Waals surface area contributed by atoms with Crippen LogP contribution in [0, 0.1) is 0 Å². The number of hydrogen-bond donors (Lipinski definition) is 1. The maximum atomic E-state index is 12.2. The number of carbonyl (C=O) groups excluding carboxylic acids is 1. The van der Waals surface area contributed by atoms with Crippen molar-refractivity contribution in [1.82, 2.24) is 5.32 Å². The van der Waals surface area contributed by atoms with Gasteiger partial charge in [-0.25, -0.2) is 8.42 Å². The third-order valence-corrected chi connectivity index (χ3v) is 7.73. The van der Waals surface area contributed by atoms with Crippen LogP contribution in [0.25, 0.3) is 0 Å². The van der Waals surface area contributed by atoms with Crippen molar-refractivity contribution in [3.63, 3.8) is 0 Å². The summed E-state index contributed by atoms with van der Waals surface area (Å²) in [6.45, 7) is 2.27. The lowest BCUT2D eigenvalue weighted by molar-refractivity contribution is 0.0956. The molecule has 1 N–H and O–H groups in total. The molecule has 0 aromatic heterocycles. The van der Waals surface area contributed by atoms with Gasteiger partial charge in [0.15, 0.2) is 0 Å². The standard InChI is InChI=1S/C18H28N2O3S2/c1-3-25(22,23)20(2)16-11-9-15(10-12-16)18(21)19-13-14-24-17-7-5-4-6-8-17/h9-12,17H,3-8,13-14H2,1-2H3,(H,19,21). The van der Waals surface area contributed by atoms with Gasteiger partial charge in [-0.05, 0) is 44.0 Å². The van der Waals surface area contributed by atoms with E-state index in [1.54, 1.807) is 31.2 Å². The van der Waals surface area contributed by atoms with E-state index in [2.05, 4.69) is 5.32 Å². The zero-order chi connectivity index (χ0) is 18.3. The lowest BCUT2D eigenvalue weighted by Crippen LogP contribution is -2.28. The molecule has 0 spiro atoms. The summed E-state index contributed by atoms with van der Waals surface area (Å²) in [5, 5.41) is 3.69. The molecule has 1 aromatic rings. The number of amides is 1. The Morgan fingerprint density at radius 3 is 2.44 bits per heavy atom. The number of hydrogen-bond acceptors (Lipinski definition) is 4. The maximum Gasteiger partial charge on any atom is 0.251 e. The molecule has 25 heavy (non-hydrogen) atoms. The van der Waals surface area contributed by atoms with E-state index in [1.165, 1.54) is 43.5 Å². The summed E-state index contributed by atoms with van der Waals surface area (Å²) in [6, 6.07) is 6.67. The predicted molar refractivity (Wildman–Crippen MR) is 106 cm³/mol. The Balaban J connectivity index is 1.79. The average Bonchev–Trinajstić information content (AvgIpc) is 2.65. The molecule has 0 bridgehead atoms. The van der Waals surface area contributed by atoms with Gasteiger partial charge in [0.05, 0.1) is 11.4 Å². The van der Waals surface area contributed by atoms with Crippen molar-refractivity contribution in [2.45, 2.75) is 44.3 Å². The first kappa shape index (κ1) is 20.1. The number of carbonyl (C=O) groups is 1. The van der Waals surface area contributed by atoms with Crippen molar-refractivity contribution in [2.24, 2.45) is 0 Å². The van der Waals surface area contributed by atoms with Crippen molar-refractivity contribution in [2.75, 3.05) is 29.4 Å². The highest BCUT2D eigenvalue weighted by atomic mass is 32.2. The van der Waals surface area contributed by atoms with Crippen LogP contribution in [0.3, 0.4) is 0 Å². The fourth-order valence-corrected chi connectivity index (χ4v) is 4.95. The number of sulfonamides is 1. The van der Waals surface area contributed by atoms with E-state index in [9.17, 15) is 13.2 Å². The summed E-state index contributed by atoms with van der Waals surface area (Å²) < 4.78 is 25.0. The van der Waals surface area contributed by atoms with Crippen LogP contribution in [0.15, 0.2) is 24.3 Å². The first-order chi connectivity index (χ1) is 11.9. The maximum absolute atomic E-state index is 12.2. The van der Waals surface area contributed by atoms with Crippen LogP contribution in [0.4, 0.5) is 5.69 Å². The normalized spacial score (nSPS) is 15.8. The Morgan fingerprint density at radius 2 is 1.84 bits per heavy atom. The van der Waals surface area contributed by atoms with Crippen LogP contribution in [0.5, 0.6) is 0 Å². The van der Waals surface area contributed by atoms with Crippen LogP contribution in [0.2, 0.25) is 0 Å². The van der Waals surface area contributed by atoms with Crippen molar-refractivity contribution >= 4 is 33.4 Å². The van der Waals surface area contributed by atoms with Gasteiger partial charge in [0.1, 0.15) is 0 Å². The van der Waals surface area contributed by atoms with Crippen LogP contribution < -0.4 is 9.62 Å². The zero-order valence-electron chi connectivity index (χ0n) is 15.0. The lowest BCUT2D eigenvalue weighted by atomic mass is 10.0. The number of benzene rings is 1. The smallest absolute Gasteiger partial charge is 0.251 e. The van der Waals surface area contributed by atoms with Crippen LogP contribution in [-0.4, -0.2) is 44.7 Å². The summed E-state index contributed by atoms with van der Waals surface area (Å²) in [7, 11) is -1.76. The quantitative estimate of drug-likeness (QED) is 0.699. The monoisotopic (exact) mass is 384 g/mol. The van der Waals surface area contributed by atoms with Crippen molar-refractivity contribution in [1.29, 1.82) is 0 Å². The molecule has 1 amide bonds. The largest absolute Gasteiger partial charge is 0.351 e. The fraction of sp³-hybridized carbons (Fsp3) is 0.611. The lowest BCUT2D eigenvalue weighted by Gasteiger charge is -2.21. The first-order valence-electron chi connectivity index (χ1n) is 8.90. The van der Waals surface area contributed by atoms with Crippen LogP contribution in [0.1, 0.15) is 49.4 Å². The zero-order valence-corrected chi connectivity index (χ0v) is 16.7. The van der Waals surface area contributed by atoms with Crippen LogP contribution >= 0.6 is 11.8 Å². The molecule has 140 valence electrons. The molecule has 0 heterocycles. The second kappa shape index (κ2) is 9.48. The van der Waals surface area contributed by atoms with E-state index in [-0.39, 0.29) is 11.7 Å². The molecular weight excluding hydrogens is 356 g/mol. The summed E-state index contributed by atoms with van der Waals surface area (Å²) in [5.41, 5.74) is 1.11. The molecule has 0 aliphatic heterocycles.